The lowest BCUT2D eigenvalue weighted by atomic mass is 10.1. The number of carbonyl (C=O) groups is 1. The van der Waals surface area contributed by atoms with E-state index in [1.54, 1.807) is 19.2 Å². The second kappa shape index (κ2) is 7.51. The molecule has 4 aromatic rings. The molecule has 29 heavy (non-hydrogen) atoms. The summed E-state index contributed by atoms with van der Waals surface area (Å²) in [4.78, 5) is 24.1. The minimum Gasteiger partial charge on any atom is -0.296 e. The highest BCUT2D eigenvalue weighted by atomic mass is 32.1. The van der Waals surface area contributed by atoms with Gasteiger partial charge in [-0.2, -0.15) is 9.90 Å². The molecule has 3 heterocycles. The minimum atomic E-state index is -0.435. The lowest BCUT2D eigenvalue weighted by Crippen LogP contribution is -2.14. The van der Waals surface area contributed by atoms with Crippen LogP contribution in [-0.2, 0) is 7.05 Å². The van der Waals surface area contributed by atoms with Crippen LogP contribution in [0.15, 0.2) is 42.5 Å². The molecule has 0 unspecified atom stereocenters. The van der Waals surface area contributed by atoms with Crippen molar-refractivity contribution < 1.29 is 9.18 Å². The van der Waals surface area contributed by atoms with Gasteiger partial charge < -0.3 is 0 Å². The third kappa shape index (κ3) is 3.90. The number of thiazole rings is 1. The van der Waals surface area contributed by atoms with E-state index in [4.69, 9.17) is 0 Å². The average Bonchev–Trinajstić information content (AvgIpc) is 3.25. The Morgan fingerprint density at radius 2 is 1.79 bits per heavy atom. The van der Waals surface area contributed by atoms with E-state index in [1.165, 1.54) is 28.3 Å². The third-order valence-corrected chi connectivity index (χ3v) is 5.08. The second-order valence-corrected chi connectivity index (χ2v) is 7.64. The fourth-order valence-electron chi connectivity index (χ4n) is 2.88. The van der Waals surface area contributed by atoms with Gasteiger partial charge in [0, 0.05) is 23.2 Å². The van der Waals surface area contributed by atoms with Crippen LogP contribution in [0.4, 0.5) is 9.52 Å². The number of nitrogens with one attached hydrogen (secondary N) is 1. The summed E-state index contributed by atoms with van der Waals surface area (Å²) in [5.41, 5.74) is 3.49. The van der Waals surface area contributed by atoms with Gasteiger partial charge in [-0.05, 0) is 50.2 Å². The van der Waals surface area contributed by atoms with E-state index in [-0.39, 0.29) is 11.5 Å². The largest absolute Gasteiger partial charge is 0.296 e. The van der Waals surface area contributed by atoms with Crippen molar-refractivity contribution in [2.24, 2.45) is 7.05 Å². The van der Waals surface area contributed by atoms with Gasteiger partial charge >= 0.3 is 0 Å². The molecule has 1 N–H and O–H groups in total. The summed E-state index contributed by atoms with van der Waals surface area (Å²) in [6, 6.07) is 11.5. The molecule has 0 atom stereocenters. The molecule has 7 nitrogen and oxygen atoms in total. The van der Waals surface area contributed by atoms with E-state index >= 15 is 0 Å². The highest BCUT2D eigenvalue weighted by Gasteiger charge is 2.21. The zero-order chi connectivity index (χ0) is 20.5. The maximum atomic E-state index is 13.2. The van der Waals surface area contributed by atoms with E-state index < -0.39 is 5.91 Å². The first kappa shape index (κ1) is 18.9. The predicted molar refractivity (Wildman–Crippen MR) is 109 cm³/mol. The highest BCUT2D eigenvalue weighted by molar-refractivity contribution is 7.16. The number of hydrogen-bond acceptors (Lipinski definition) is 6. The summed E-state index contributed by atoms with van der Waals surface area (Å²) in [5.74, 6) is -0.797. The topological polar surface area (TPSA) is 85.6 Å². The normalized spacial score (nSPS) is 10.9. The van der Waals surface area contributed by atoms with Crippen LogP contribution >= 0.6 is 11.3 Å². The number of anilines is 1. The standard InChI is InChI=1S/C20H17FN6OS/c1-11-5-4-6-15(22-11)16-12(2)29-20(23-16)24-19(28)18-17(25-27(3)26-18)13-7-9-14(21)10-8-13/h4-10H,1-3H3,(H,23,24,28). The molecule has 0 aliphatic rings. The van der Waals surface area contributed by atoms with Gasteiger partial charge in [0.2, 0.25) is 0 Å². The Kier molecular flexibility index (Phi) is 4.89. The van der Waals surface area contributed by atoms with Crippen LogP contribution in [0.3, 0.4) is 0 Å². The number of nitrogens with zero attached hydrogens (tertiary/aromatic N) is 5. The van der Waals surface area contributed by atoms with Crippen LogP contribution in [0.2, 0.25) is 0 Å². The number of carbonyl (C=O) groups excluding carboxylic acids is 1. The first-order chi connectivity index (χ1) is 13.9. The van der Waals surface area contributed by atoms with Gasteiger partial charge in [-0.25, -0.2) is 9.37 Å². The Balaban J connectivity index is 1.63. The van der Waals surface area contributed by atoms with Gasteiger partial charge in [-0.1, -0.05) is 6.07 Å². The van der Waals surface area contributed by atoms with Crippen molar-refractivity contribution in [1.29, 1.82) is 0 Å². The van der Waals surface area contributed by atoms with Gasteiger partial charge in [0.15, 0.2) is 10.8 Å². The minimum absolute atomic E-state index is 0.141. The predicted octanol–water partition coefficient (Wildman–Crippen LogP) is 4.01. The number of aryl methyl sites for hydroxylation is 3. The van der Waals surface area contributed by atoms with Crippen molar-refractivity contribution in [2.45, 2.75) is 13.8 Å². The van der Waals surface area contributed by atoms with Crippen LogP contribution in [0.25, 0.3) is 22.6 Å². The number of hydrogen-bond donors (Lipinski definition) is 1. The van der Waals surface area contributed by atoms with Gasteiger partial charge in [-0.15, -0.1) is 16.4 Å². The molecule has 0 saturated carbocycles. The molecular weight excluding hydrogens is 391 g/mol. The summed E-state index contributed by atoms with van der Waals surface area (Å²) in [7, 11) is 1.62. The number of benzene rings is 1. The fraction of sp³-hybridized carbons (Fsp3) is 0.150. The van der Waals surface area contributed by atoms with Crippen molar-refractivity contribution in [3.63, 3.8) is 0 Å². The maximum absolute atomic E-state index is 13.2. The van der Waals surface area contributed by atoms with Crippen molar-refractivity contribution in [1.82, 2.24) is 25.0 Å². The lowest BCUT2D eigenvalue weighted by molar-refractivity contribution is 0.102. The lowest BCUT2D eigenvalue weighted by Gasteiger charge is -2.01. The monoisotopic (exact) mass is 408 g/mol. The van der Waals surface area contributed by atoms with E-state index in [1.807, 2.05) is 32.0 Å². The second-order valence-electron chi connectivity index (χ2n) is 6.44. The highest BCUT2D eigenvalue weighted by Crippen LogP contribution is 2.30. The zero-order valence-corrected chi connectivity index (χ0v) is 16.8. The SMILES string of the molecule is Cc1cccc(-c2nc(NC(=O)c3nn(C)nc3-c3ccc(F)cc3)sc2C)n1. The van der Waals surface area contributed by atoms with Gasteiger partial charge in [0.05, 0.1) is 5.69 Å². The Bertz CT molecular complexity index is 1200. The fourth-order valence-corrected chi connectivity index (χ4v) is 3.70. The summed E-state index contributed by atoms with van der Waals surface area (Å²) in [6.45, 7) is 3.85. The van der Waals surface area contributed by atoms with Gasteiger partial charge in [-0.3, -0.25) is 15.1 Å². The van der Waals surface area contributed by atoms with Crippen molar-refractivity contribution in [3.8, 4) is 22.6 Å². The Hall–Kier alpha value is -3.46. The van der Waals surface area contributed by atoms with E-state index in [0.717, 1.165) is 22.0 Å². The molecule has 0 saturated heterocycles. The molecule has 0 spiro atoms. The molecule has 9 heteroatoms. The summed E-state index contributed by atoms with van der Waals surface area (Å²) >= 11 is 1.36. The van der Waals surface area contributed by atoms with Crippen molar-refractivity contribution in [3.05, 3.63) is 64.5 Å². The van der Waals surface area contributed by atoms with Gasteiger partial charge in [0.25, 0.3) is 5.91 Å². The first-order valence-corrected chi connectivity index (χ1v) is 9.62. The molecular formula is C20H17FN6OS. The molecule has 3 aromatic heterocycles. The van der Waals surface area contributed by atoms with Crippen LogP contribution in [0.5, 0.6) is 0 Å². The molecule has 0 fully saturated rings. The smallest absolute Gasteiger partial charge is 0.280 e. The Morgan fingerprint density at radius 1 is 1.03 bits per heavy atom. The van der Waals surface area contributed by atoms with E-state index in [0.29, 0.717) is 16.4 Å². The number of amides is 1. The van der Waals surface area contributed by atoms with E-state index in [9.17, 15) is 9.18 Å². The summed E-state index contributed by atoms with van der Waals surface area (Å²) in [5, 5.41) is 11.7. The molecule has 0 aliphatic heterocycles. The number of rotatable bonds is 4. The average molecular weight is 408 g/mol. The third-order valence-electron chi connectivity index (χ3n) is 4.19. The molecule has 4 rings (SSSR count). The molecule has 1 amide bonds. The van der Waals surface area contributed by atoms with Crippen LogP contribution in [0, 0.1) is 19.7 Å². The van der Waals surface area contributed by atoms with Crippen LogP contribution in [0.1, 0.15) is 21.1 Å². The Morgan fingerprint density at radius 3 is 2.52 bits per heavy atom. The summed E-state index contributed by atoms with van der Waals surface area (Å²) in [6.07, 6.45) is 0. The number of pyridine rings is 1. The first-order valence-electron chi connectivity index (χ1n) is 8.81. The van der Waals surface area contributed by atoms with Crippen molar-refractivity contribution in [2.75, 3.05) is 5.32 Å². The molecule has 0 radical (unpaired) electrons. The van der Waals surface area contributed by atoms with Crippen LogP contribution < -0.4 is 5.32 Å². The molecule has 0 bridgehead atoms. The quantitative estimate of drug-likeness (QED) is 0.551. The van der Waals surface area contributed by atoms with Gasteiger partial charge in [0.1, 0.15) is 17.2 Å². The van der Waals surface area contributed by atoms with Crippen molar-refractivity contribution >= 4 is 22.4 Å². The molecule has 0 aliphatic carbocycles. The summed E-state index contributed by atoms with van der Waals surface area (Å²) < 4.78 is 13.2. The van der Waals surface area contributed by atoms with Crippen LogP contribution in [-0.4, -0.2) is 30.9 Å². The Labute approximate surface area is 170 Å². The number of halogens is 1. The molecule has 1 aromatic carbocycles. The maximum Gasteiger partial charge on any atom is 0.280 e. The van der Waals surface area contributed by atoms with E-state index in [2.05, 4.69) is 25.5 Å². The number of aromatic nitrogens is 5. The molecule has 146 valence electrons. The zero-order valence-electron chi connectivity index (χ0n) is 16.0.